The van der Waals surface area contributed by atoms with E-state index >= 15 is 0 Å². The summed E-state index contributed by atoms with van der Waals surface area (Å²) in [5.41, 5.74) is 4.88. The Bertz CT molecular complexity index is 1860. The van der Waals surface area contributed by atoms with Gasteiger partial charge in [-0.05, 0) is 77.9 Å². The highest BCUT2D eigenvalue weighted by Gasteiger charge is 2.48. The summed E-state index contributed by atoms with van der Waals surface area (Å²) >= 11 is 0. The summed E-state index contributed by atoms with van der Waals surface area (Å²) in [4.78, 5) is 43.5. The van der Waals surface area contributed by atoms with Crippen molar-refractivity contribution in [2.24, 2.45) is 11.8 Å². The number of aryl methyl sites for hydroxylation is 1. The first kappa shape index (κ1) is 31.5. The Morgan fingerprint density at radius 1 is 0.872 bits per heavy atom. The summed E-state index contributed by atoms with van der Waals surface area (Å²) < 4.78 is 10.8. The molecular formula is C37H38N6O4. The molecule has 6 rings (SSSR count). The molecule has 1 N–H and O–H groups in total. The van der Waals surface area contributed by atoms with Gasteiger partial charge in [-0.25, -0.2) is 9.97 Å². The number of ether oxygens (including phenoxy) is 2. The number of methoxy groups -OCH3 is 2. The van der Waals surface area contributed by atoms with Gasteiger partial charge in [-0.2, -0.15) is 0 Å². The predicted molar refractivity (Wildman–Crippen MR) is 182 cm³/mol. The number of carbonyl (C=O) groups is 2. The Balaban J connectivity index is 1.42. The monoisotopic (exact) mass is 630 g/mol. The average molecular weight is 631 g/mol. The molecule has 1 aliphatic carbocycles. The SMILES string of the molecule is COc1ccc(CN(Cc2ccc(OC)cc2)c2nc(-c3cnccc3C)cc3cc(NC(=O)[C@H]4C[C@H]4C(=O)N(C)C)ncc23)cc1. The number of hydrogen-bond donors (Lipinski definition) is 1. The highest BCUT2D eigenvalue weighted by Crippen LogP contribution is 2.41. The fourth-order valence-corrected chi connectivity index (χ4v) is 5.73. The van der Waals surface area contributed by atoms with Crippen molar-refractivity contribution in [1.29, 1.82) is 0 Å². The molecule has 2 aromatic carbocycles. The van der Waals surface area contributed by atoms with Crippen molar-refractivity contribution in [2.75, 3.05) is 38.5 Å². The van der Waals surface area contributed by atoms with Crippen LogP contribution < -0.4 is 19.7 Å². The zero-order valence-corrected chi connectivity index (χ0v) is 27.2. The second-order valence-electron chi connectivity index (χ2n) is 12.0. The van der Waals surface area contributed by atoms with Gasteiger partial charge in [0, 0.05) is 56.7 Å². The summed E-state index contributed by atoms with van der Waals surface area (Å²) in [7, 11) is 6.73. The summed E-state index contributed by atoms with van der Waals surface area (Å²) in [5, 5.41) is 4.65. The molecule has 3 aromatic heterocycles. The highest BCUT2D eigenvalue weighted by molar-refractivity contribution is 6.01. The van der Waals surface area contributed by atoms with E-state index in [1.54, 1.807) is 40.7 Å². The molecule has 0 saturated heterocycles. The number of carbonyl (C=O) groups excluding carboxylic acids is 2. The van der Waals surface area contributed by atoms with E-state index in [4.69, 9.17) is 14.5 Å². The van der Waals surface area contributed by atoms with E-state index in [-0.39, 0.29) is 23.7 Å². The van der Waals surface area contributed by atoms with Crippen LogP contribution in [0.15, 0.2) is 85.3 Å². The maximum absolute atomic E-state index is 13.1. The van der Waals surface area contributed by atoms with Gasteiger partial charge in [-0.1, -0.05) is 24.3 Å². The lowest BCUT2D eigenvalue weighted by molar-refractivity contribution is -0.131. The minimum absolute atomic E-state index is 0.0300. The van der Waals surface area contributed by atoms with Gasteiger partial charge >= 0.3 is 0 Å². The molecule has 3 heterocycles. The first-order chi connectivity index (χ1) is 22.7. The molecule has 10 nitrogen and oxygen atoms in total. The maximum Gasteiger partial charge on any atom is 0.229 e. The second-order valence-corrected chi connectivity index (χ2v) is 12.0. The third kappa shape index (κ3) is 7.01. The number of hydrogen-bond acceptors (Lipinski definition) is 8. The van der Waals surface area contributed by atoms with E-state index in [2.05, 4.69) is 44.5 Å². The highest BCUT2D eigenvalue weighted by atomic mass is 16.5. The van der Waals surface area contributed by atoms with E-state index in [0.29, 0.717) is 25.3 Å². The first-order valence-corrected chi connectivity index (χ1v) is 15.5. The van der Waals surface area contributed by atoms with Crippen LogP contribution in [0, 0.1) is 18.8 Å². The summed E-state index contributed by atoms with van der Waals surface area (Å²) in [6, 6.07) is 21.9. The van der Waals surface area contributed by atoms with Gasteiger partial charge in [-0.15, -0.1) is 0 Å². The number of aromatic nitrogens is 3. The molecule has 1 aliphatic rings. The molecule has 1 fully saturated rings. The zero-order chi connectivity index (χ0) is 33.1. The van der Waals surface area contributed by atoms with Gasteiger partial charge in [0.05, 0.1) is 31.7 Å². The van der Waals surface area contributed by atoms with Gasteiger partial charge in [0.25, 0.3) is 0 Å². The quantitative estimate of drug-likeness (QED) is 0.193. The van der Waals surface area contributed by atoms with Gasteiger partial charge in [0.1, 0.15) is 23.1 Å². The van der Waals surface area contributed by atoms with Crippen LogP contribution in [-0.2, 0) is 22.7 Å². The molecule has 0 unspecified atom stereocenters. The Morgan fingerprint density at radius 2 is 1.51 bits per heavy atom. The fraction of sp³-hybridized carbons (Fsp3) is 0.270. The number of amides is 2. The predicted octanol–water partition coefficient (Wildman–Crippen LogP) is 5.89. The van der Waals surface area contributed by atoms with Crippen LogP contribution in [-0.4, -0.2) is 60.0 Å². The van der Waals surface area contributed by atoms with Gasteiger partial charge in [0.15, 0.2) is 0 Å². The van der Waals surface area contributed by atoms with Crippen molar-refractivity contribution in [3.63, 3.8) is 0 Å². The van der Waals surface area contributed by atoms with Crippen LogP contribution in [0.5, 0.6) is 11.5 Å². The second kappa shape index (κ2) is 13.5. The number of anilines is 2. The van der Waals surface area contributed by atoms with Gasteiger partial charge in [0.2, 0.25) is 11.8 Å². The average Bonchev–Trinajstić information content (AvgIpc) is 3.89. The number of pyridine rings is 3. The van der Waals surface area contributed by atoms with Crippen molar-refractivity contribution in [3.05, 3.63) is 102 Å². The summed E-state index contributed by atoms with van der Waals surface area (Å²) in [5.74, 6) is 1.88. The van der Waals surface area contributed by atoms with Crippen LogP contribution in [0.4, 0.5) is 11.6 Å². The molecule has 47 heavy (non-hydrogen) atoms. The lowest BCUT2D eigenvalue weighted by atomic mass is 10.0. The van der Waals surface area contributed by atoms with E-state index < -0.39 is 0 Å². The lowest BCUT2D eigenvalue weighted by Gasteiger charge is -2.26. The Labute approximate surface area is 274 Å². The minimum Gasteiger partial charge on any atom is -0.497 e. The van der Waals surface area contributed by atoms with E-state index in [1.807, 2.05) is 55.6 Å². The summed E-state index contributed by atoms with van der Waals surface area (Å²) in [6.07, 6.45) is 5.89. The number of nitrogens with zero attached hydrogens (tertiary/aromatic N) is 5. The van der Waals surface area contributed by atoms with Crippen LogP contribution in [0.1, 0.15) is 23.1 Å². The first-order valence-electron chi connectivity index (χ1n) is 15.5. The third-order valence-electron chi connectivity index (χ3n) is 8.51. The zero-order valence-electron chi connectivity index (χ0n) is 27.2. The van der Waals surface area contributed by atoms with Crippen molar-refractivity contribution >= 4 is 34.2 Å². The topological polar surface area (TPSA) is 110 Å². The third-order valence-corrected chi connectivity index (χ3v) is 8.51. The largest absolute Gasteiger partial charge is 0.497 e. The number of benzene rings is 2. The molecule has 2 atom stereocenters. The summed E-state index contributed by atoms with van der Waals surface area (Å²) in [6.45, 7) is 3.17. The fourth-order valence-electron chi connectivity index (χ4n) is 5.73. The van der Waals surface area contributed by atoms with Crippen molar-refractivity contribution in [2.45, 2.75) is 26.4 Å². The van der Waals surface area contributed by atoms with Crippen LogP contribution in [0.25, 0.3) is 22.0 Å². The van der Waals surface area contributed by atoms with Crippen LogP contribution >= 0.6 is 0 Å². The maximum atomic E-state index is 13.1. The molecular weight excluding hydrogens is 592 g/mol. The van der Waals surface area contributed by atoms with Crippen LogP contribution in [0.2, 0.25) is 0 Å². The van der Waals surface area contributed by atoms with Crippen molar-refractivity contribution in [1.82, 2.24) is 19.9 Å². The van der Waals surface area contributed by atoms with Crippen LogP contribution in [0.3, 0.4) is 0 Å². The molecule has 2 amide bonds. The molecule has 1 saturated carbocycles. The number of fused-ring (bicyclic) bond motifs is 1. The molecule has 10 heteroatoms. The molecule has 5 aromatic rings. The standard InChI is InChI=1S/C37H38N6O4/c1-23-14-15-38-19-31(23)33-16-26-17-34(41-36(44)29-18-30(29)37(45)42(2)3)39-20-32(26)35(40-33)43(21-24-6-10-27(46-4)11-7-24)22-25-8-12-28(47-5)13-9-25/h6-17,19-20,29-30H,18,21-22H2,1-5H3,(H,39,41,44)/t29-,30+/m0/s1. The molecule has 240 valence electrons. The smallest absolute Gasteiger partial charge is 0.229 e. The molecule has 0 aliphatic heterocycles. The van der Waals surface area contributed by atoms with Crippen molar-refractivity contribution < 1.29 is 19.1 Å². The minimum atomic E-state index is -0.353. The normalized spacial score (nSPS) is 15.2. The van der Waals surface area contributed by atoms with E-state index in [0.717, 1.165) is 56.0 Å². The lowest BCUT2D eigenvalue weighted by Crippen LogP contribution is -2.26. The molecule has 0 radical (unpaired) electrons. The molecule has 0 spiro atoms. The molecule has 0 bridgehead atoms. The Hall–Kier alpha value is -5.51. The Kier molecular flexibility index (Phi) is 9.01. The number of nitrogens with one attached hydrogen (secondary N) is 1. The Morgan fingerprint density at radius 3 is 2.09 bits per heavy atom. The van der Waals surface area contributed by atoms with E-state index in [1.165, 1.54) is 4.90 Å². The number of rotatable bonds is 11. The van der Waals surface area contributed by atoms with Crippen molar-refractivity contribution in [3.8, 4) is 22.8 Å². The van der Waals surface area contributed by atoms with Gasteiger partial charge < -0.3 is 24.6 Å². The van der Waals surface area contributed by atoms with Gasteiger partial charge in [-0.3, -0.25) is 14.6 Å². The van der Waals surface area contributed by atoms with E-state index in [9.17, 15) is 9.59 Å².